The highest BCUT2D eigenvalue weighted by molar-refractivity contribution is 7.19. The molecule has 0 spiro atoms. The number of amides is 2. The van der Waals surface area contributed by atoms with Crippen molar-refractivity contribution in [1.29, 1.82) is 0 Å². The van der Waals surface area contributed by atoms with Gasteiger partial charge in [-0.15, -0.1) is 11.3 Å². The maximum Gasteiger partial charge on any atom is 0.405 e. The number of carbonyl (C=O) groups is 2. The van der Waals surface area contributed by atoms with Crippen LogP contribution in [0.25, 0.3) is 21.1 Å². The number of aromatic nitrogens is 4. The number of nitrogens with zero attached hydrogens (tertiary/aromatic N) is 3. The fraction of sp³-hybridized carbons (Fsp3) is 0.348. The van der Waals surface area contributed by atoms with Crippen molar-refractivity contribution in [3.8, 4) is 0 Å². The van der Waals surface area contributed by atoms with Crippen LogP contribution in [0.4, 0.5) is 16.3 Å². The smallest absolute Gasteiger partial charge is 0.405 e. The van der Waals surface area contributed by atoms with Crippen LogP contribution in [0.1, 0.15) is 23.3 Å². The molecule has 0 bridgehead atoms. The summed E-state index contributed by atoms with van der Waals surface area (Å²) < 4.78 is 0. The average molecular weight is 496 g/mol. The van der Waals surface area contributed by atoms with Crippen LogP contribution in [0.15, 0.2) is 30.7 Å². The maximum atomic E-state index is 12.4. The van der Waals surface area contributed by atoms with Crippen molar-refractivity contribution in [2.75, 3.05) is 18.5 Å². The van der Waals surface area contributed by atoms with Crippen molar-refractivity contribution in [3.63, 3.8) is 0 Å². The zero-order chi connectivity index (χ0) is 24.4. The van der Waals surface area contributed by atoms with E-state index in [1.54, 1.807) is 23.9 Å². The van der Waals surface area contributed by atoms with Crippen molar-refractivity contribution < 1.29 is 19.8 Å². The molecule has 6 N–H and O–H groups in total. The molecule has 0 saturated heterocycles. The number of hydrogen-bond acceptors (Lipinski definition) is 8. The normalized spacial score (nSPS) is 16.1. The van der Waals surface area contributed by atoms with Gasteiger partial charge in [-0.3, -0.25) is 9.89 Å². The minimum absolute atomic E-state index is 0.0330. The fourth-order valence-electron chi connectivity index (χ4n) is 4.52. The number of rotatable bonds is 8. The van der Waals surface area contributed by atoms with Gasteiger partial charge >= 0.3 is 6.09 Å². The standard InChI is InChI=1S/C23H25N7O4S/c31-6-5-17(29-23(33)34)21(32)24-9-12-1-3-15-18(7-12)35-22-19(15)20(25-11-26-22)28-14-2-4-16-13(8-14)10-27-30-16/h2,4,8,10-12,17,29,31H,1,3,5-7,9H2,(H,24,32)(H,27,30)(H,33,34)(H,25,26,28)/t12-,17+/m0/s1. The number of aliphatic hydroxyl groups excluding tert-OH is 1. The van der Waals surface area contributed by atoms with Gasteiger partial charge in [0.2, 0.25) is 5.91 Å². The highest BCUT2D eigenvalue weighted by atomic mass is 32.1. The number of H-pyrrole nitrogens is 1. The summed E-state index contributed by atoms with van der Waals surface area (Å²) in [5.74, 6) is 0.580. The van der Waals surface area contributed by atoms with Crippen molar-refractivity contribution >= 4 is 56.0 Å². The molecule has 1 aliphatic rings. The molecule has 1 aliphatic carbocycles. The Balaban J connectivity index is 1.30. The summed E-state index contributed by atoms with van der Waals surface area (Å²) in [5.41, 5.74) is 3.13. The molecule has 12 heteroatoms. The molecule has 0 fully saturated rings. The van der Waals surface area contributed by atoms with E-state index in [2.05, 4.69) is 36.1 Å². The Bertz CT molecular complexity index is 1380. The first-order chi connectivity index (χ1) is 17.0. The first-order valence-electron chi connectivity index (χ1n) is 11.3. The molecule has 2 atom stereocenters. The quantitative estimate of drug-likeness (QED) is 0.217. The third-order valence-electron chi connectivity index (χ3n) is 6.25. The van der Waals surface area contributed by atoms with Gasteiger partial charge in [0.25, 0.3) is 0 Å². The molecule has 5 rings (SSSR count). The van der Waals surface area contributed by atoms with Crippen molar-refractivity contribution in [2.24, 2.45) is 5.92 Å². The van der Waals surface area contributed by atoms with E-state index in [-0.39, 0.29) is 18.9 Å². The Morgan fingerprint density at radius 3 is 3.00 bits per heavy atom. The van der Waals surface area contributed by atoms with E-state index in [1.807, 2.05) is 18.2 Å². The van der Waals surface area contributed by atoms with E-state index < -0.39 is 18.0 Å². The Kier molecular flexibility index (Phi) is 6.47. The zero-order valence-electron chi connectivity index (χ0n) is 18.7. The first kappa shape index (κ1) is 23.0. The van der Waals surface area contributed by atoms with Gasteiger partial charge in [0.1, 0.15) is 23.0 Å². The van der Waals surface area contributed by atoms with E-state index in [4.69, 9.17) is 10.2 Å². The van der Waals surface area contributed by atoms with Gasteiger partial charge in [0.05, 0.1) is 17.1 Å². The van der Waals surface area contributed by atoms with Crippen LogP contribution in [0.3, 0.4) is 0 Å². The van der Waals surface area contributed by atoms with E-state index in [0.29, 0.717) is 6.54 Å². The van der Waals surface area contributed by atoms with Gasteiger partial charge in [0.15, 0.2) is 0 Å². The van der Waals surface area contributed by atoms with E-state index in [0.717, 1.165) is 51.9 Å². The van der Waals surface area contributed by atoms with Gasteiger partial charge in [0, 0.05) is 29.1 Å². The Morgan fingerprint density at radius 1 is 1.29 bits per heavy atom. The summed E-state index contributed by atoms with van der Waals surface area (Å²) in [6.07, 6.45) is 4.61. The van der Waals surface area contributed by atoms with Gasteiger partial charge in [-0.25, -0.2) is 14.8 Å². The van der Waals surface area contributed by atoms with E-state index in [9.17, 15) is 9.59 Å². The molecule has 0 aliphatic heterocycles. The second-order valence-corrected chi connectivity index (χ2v) is 9.66. The summed E-state index contributed by atoms with van der Waals surface area (Å²) in [6, 6.07) is 5.01. The summed E-state index contributed by atoms with van der Waals surface area (Å²) in [4.78, 5) is 34.5. The Morgan fingerprint density at radius 2 is 2.17 bits per heavy atom. The number of nitrogens with one attached hydrogen (secondary N) is 4. The number of hydrogen-bond donors (Lipinski definition) is 6. The lowest BCUT2D eigenvalue weighted by Crippen LogP contribution is -2.48. The molecular formula is C23H25N7O4S. The van der Waals surface area contributed by atoms with Crippen LogP contribution in [0.5, 0.6) is 0 Å². The molecule has 0 unspecified atom stereocenters. The predicted octanol–water partition coefficient (Wildman–Crippen LogP) is 2.55. The average Bonchev–Trinajstić information content (AvgIpc) is 3.46. The summed E-state index contributed by atoms with van der Waals surface area (Å²) in [6.45, 7) is 0.164. The molecule has 1 aromatic carbocycles. The van der Waals surface area contributed by atoms with Crippen LogP contribution in [0, 0.1) is 5.92 Å². The lowest BCUT2D eigenvalue weighted by atomic mass is 9.87. The van der Waals surface area contributed by atoms with Gasteiger partial charge in [-0.1, -0.05) is 0 Å². The molecule has 2 amide bonds. The highest BCUT2D eigenvalue weighted by Gasteiger charge is 2.27. The zero-order valence-corrected chi connectivity index (χ0v) is 19.6. The minimum atomic E-state index is -1.29. The number of benzene rings is 1. The van der Waals surface area contributed by atoms with Crippen molar-refractivity contribution in [1.82, 2.24) is 30.8 Å². The van der Waals surface area contributed by atoms with Crippen LogP contribution in [0.2, 0.25) is 0 Å². The fourth-order valence-corrected chi connectivity index (χ4v) is 5.82. The van der Waals surface area contributed by atoms with E-state index in [1.165, 1.54) is 10.4 Å². The molecular weight excluding hydrogens is 470 g/mol. The van der Waals surface area contributed by atoms with Crippen LogP contribution < -0.4 is 16.0 Å². The van der Waals surface area contributed by atoms with E-state index >= 15 is 0 Å². The van der Waals surface area contributed by atoms with Crippen molar-refractivity contribution in [3.05, 3.63) is 41.2 Å². The first-order valence-corrected chi connectivity index (χ1v) is 12.2. The lowest BCUT2D eigenvalue weighted by Gasteiger charge is -2.24. The second kappa shape index (κ2) is 9.84. The molecule has 4 aromatic rings. The van der Waals surface area contributed by atoms with Crippen molar-refractivity contribution in [2.45, 2.75) is 31.7 Å². The molecule has 3 heterocycles. The number of aliphatic hydroxyl groups is 1. The van der Waals surface area contributed by atoms with Crippen LogP contribution in [-0.2, 0) is 17.6 Å². The molecule has 0 radical (unpaired) electrons. The molecule has 0 saturated carbocycles. The minimum Gasteiger partial charge on any atom is -0.465 e. The Hall–Kier alpha value is -3.77. The highest BCUT2D eigenvalue weighted by Crippen LogP contribution is 2.40. The summed E-state index contributed by atoms with van der Waals surface area (Å²) >= 11 is 1.65. The second-order valence-electron chi connectivity index (χ2n) is 8.57. The summed E-state index contributed by atoms with van der Waals surface area (Å²) in [5, 5.41) is 35.5. The topological polar surface area (TPSA) is 165 Å². The number of anilines is 2. The largest absolute Gasteiger partial charge is 0.465 e. The number of fused-ring (bicyclic) bond motifs is 4. The van der Waals surface area contributed by atoms with Gasteiger partial charge in [-0.2, -0.15) is 5.10 Å². The summed E-state index contributed by atoms with van der Waals surface area (Å²) in [7, 11) is 0. The molecule has 35 heavy (non-hydrogen) atoms. The van der Waals surface area contributed by atoms with Crippen LogP contribution >= 0.6 is 11.3 Å². The number of aryl methyl sites for hydroxylation is 1. The third-order valence-corrected chi connectivity index (χ3v) is 7.41. The monoisotopic (exact) mass is 495 g/mol. The molecule has 3 aromatic heterocycles. The number of carbonyl (C=O) groups excluding carboxylic acids is 1. The predicted molar refractivity (Wildman–Crippen MR) is 132 cm³/mol. The van der Waals surface area contributed by atoms with Crippen LogP contribution in [-0.4, -0.2) is 61.6 Å². The number of aromatic amines is 1. The molecule has 182 valence electrons. The third kappa shape index (κ3) is 4.88. The van der Waals surface area contributed by atoms with Gasteiger partial charge in [-0.05, 0) is 55.4 Å². The number of thiophene rings is 1. The van der Waals surface area contributed by atoms with Gasteiger partial charge < -0.3 is 26.2 Å². The SMILES string of the molecule is O=C(O)N[C@H](CCO)C(=O)NC[C@H]1CCc2c(sc3ncnc(Nc4ccc5[nH]ncc5c4)c23)C1. The lowest BCUT2D eigenvalue weighted by molar-refractivity contribution is -0.123. The number of carboxylic acid groups (broad SMARTS) is 1. The molecule has 11 nitrogen and oxygen atoms in total. The maximum absolute atomic E-state index is 12.4. The Labute approximate surface area is 204 Å².